The lowest BCUT2D eigenvalue weighted by Gasteiger charge is -2.30. The second-order valence-corrected chi connectivity index (χ2v) is 7.25. The molecule has 29 heavy (non-hydrogen) atoms. The highest BCUT2D eigenvalue weighted by Gasteiger charge is 2.32. The van der Waals surface area contributed by atoms with E-state index in [1.807, 2.05) is 24.3 Å². The van der Waals surface area contributed by atoms with Crippen LogP contribution in [-0.4, -0.2) is 32.0 Å². The zero-order chi connectivity index (χ0) is 20.0. The van der Waals surface area contributed by atoms with Crippen molar-refractivity contribution in [2.24, 2.45) is 0 Å². The molecule has 0 unspecified atom stereocenters. The van der Waals surface area contributed by atoms with E-state index in [0.717, 1.165) is 0 Å². The third-order valence-electron chi connectivity index (χ3n) is 5.60. The predicted molar refractivity (Wildman–Crippen MR) is 109 cm³/mol. The van der Waals surface area contributed by atoms with Crippen molar-refractivity contribution >= 4 is 17.1 Å². The Morgan fingerprint density at radius 3 is 2.72 bits per heavy atom. The molecule has 3 aromatic heterocycles. The molecule has 4 aromatic rings. The van der Waals surface area contributed by atoms with Crippen molar-refractivity contribution in [3.63, 3.8) is 0 Å². The average Bonchev–Trinajstić information content (AvgIpc) is 3.09. The smallest absolute Gasteiger partial charge is 0.333 e. The topological polar surface area (TPSA) is 92.7 Å². The Morgan fingerprint density at radius 2 is 1.90 bits per heavy atom. The molecule has 7 heteroatoms. The molecule has 0 bridgehead atoms. The van der Waals surface area contributed by atoms with Gasteiger partial charge in [-0.3, -0.25) is 9.78 Å². The Morgan fingerprint density at radius 1 is 1.07 bits per heavy atom. The molecule has 7 nitrogen and oxygen atoms in total. The van der Waals surface area contributed by atoms with Crippen LogP contribution in [0.25, 0.3) is 17.0 Å². The van der Waals surface area contributed by atoms with Crippen molar-refractivity contribution in [2.45, 2.75) is 18.8 Å². The molecule has 0 radical (unpaired) electrons. The average molecular weight is 385 g/mol. The lowest BCUT2D eigenvalue weighted by atomic mass is 9.81. The maximum atomic E-state index is 12.6. The van der Waals surface area contributed by atoms with E-state index < -0.39 is 0 Å². The van der Waals surface area contributed by atoms with Crippen LogP contribution in [0.5, 0.6) is 0 Å². The van der Waals surface area contributed by atoms with Crippen molar-refractivity contribution in [2.75, 3.05) is 6.54 Å². The van der Waals surface area contributed by atoms with Crippen LogP contribution >= 0.6 is 0 Å². The molecule has 1 aliphatic rings. The molecular formula is C22H19N5O2. The van der Waals surface area contributed by atoms with Crippen LogP contribution in [0, 0.1) is 0 Å². The number of pyridine rings is 2. The predicted octanol–water partition coefficient (Wildman–Crippen LogP) is 2.74. The van der Waals surface area contributed by atoms with Crippen molar-refractivity contribution in [3.8, 4) is 5.82 Å². The van der Waals surface area contributed by atoms with Crippen molar-refractivity contribution < 1.29 is 4.79 Å². The van der Waals surface area contributed by atoms with Gasteiger partial charge in [0, 0.05) is 18.7 Å². The second kappa shape index (κ2) is 6.70. The van der Waals surface area contributed by atoms with Gasteiger partial charge in [-0.05, 0) is 35.7 Å². The van der Waals surface area contributed by atoms with Gasteiger partial charge in [-0.15, -0.1) is 0 Å². The fourth-order valence-corrected chi connectivity index (χ4v) is 4.03. The fraction of sp³-hybridized carbons (Fsp3) is 0.182. The van der Waals surface area contributed by atoms with Crippen LogP contribution < -0.4 is 11.0 Å². The number of hydrogen-bond donors (Lipinski definition) is 2. The van der Waals surface area contributed by atoms with Gasteiger partial charge in [0.25, 0.3) is 5.91 Å². The van der Waals surface area contributed by atoms with E-state index in [0.29, 0.717) is 34.8 Å². The van der Waals surface area contributed by atoms with Gasteiger partial charge in [-0.25, -0.2) is 19.3 Å². The molecule has 0 saturated heterocycles. The van der Waals surface area contributed by atoms with Crippen molar-refractivity contribution in [1.29, 1.82) is 0 Å². The largest absolute Gasteiger partial charge is 0.351 e. The standard InChI is InChI=1S/C22H19N5O2/c1-13(14-6-3-2-4-7-14)16-12-24-21(28)15-9-10-18(25-19(15)16)27-17-8-5-11-23-20(17)26-22(27)29/h2-11,13,16H,12H2,1H3,(H,24,28)(H,23,26,29)/t13-,16-/m0/s1. The van der Waals surface area contributed by atoms with Gasteiger partial charge in [-0.1, -0.05) is 37.3 Å². The van der Waals surface area contributed by atoms with E-state index in [2.05, 4.69) is 34.3 Å². The minimum Gasteiger partial charge on any atom is -0.351 e. The molecule has 1 aromatic carbocycles. The van der Waals surface area contributed by atoms with E-state index in [1.165, 1.54) is 10.1 Å². The summed E-state index contributed by atoms with van der Waals surface area (Å²) in [5.41, 5.74) is 3.30. The van der Waals surface area contributed by atoms with Gasteiger partial charge in [0.15, 0.2) is 5.65 Å². The maximum Gasteiger partial charge on any atom is 0.333 e. The normalized spacial score (nSPS) is 17.0. The molecule has 2 N–H and O–H groups in total. The molecule has 1 amide bonds. The molecule has 0 spiro atoms. The van der Waals surface area contributed by atoms with Gasteiger partial charge in [-0.2, -0.15) is 0 Å². The zero-order valence-corrected chi connectivity index (χ0v) is 15.8. The second-order valence-electron chi connectivity index (χ2n) is 7.25. The van der Waals surface area contributed by atoms with E-state index in [9.17, 15) is 9.59 Å². The van der Waals surface area contributed by atoms with Gasteiger partial charge in [0.1, 0.15) is 5.82 Å². The van der Waals surface area contributed by atoms with Crippen molar-refractivity contribution in [3.05, 3.63) is 88.1 Å². The SMILES string of the molecule is C[C@@H](c1ccccc1)[C@@H]1CNC(=O)c2ccc(-n3c(=O)[nH]c4ncccc43)nc21. The van der Waals surface area contributed by atoms with Gasteiger partial charge >= 0.3 is 5.69 Å². The third kappa shape index (κ3) is 2.82. The summed E-state index contributed by atoms with van der Waals surface area (Å²) >= 11 is 0. The first kappa shape index (κ1) is 17.4. The van der Waals surface area contributed by atoms with Crippen LogP contribution in [0.15, 0.2) is 65.6 Å². The number of carbonyl (C=O) groups excluding carboxylic acids is 1. The summed E-state index contributed by atoms with van der Waals surface area (Å²) in [6, 6.07) is 17.2. The number of nitrogens with one attached hydrogen (secondary N) is 2. The van der Waals surface area contributed by atoms with Gasteiger partial charge in [0.05, 0.1) is 16.8 Å². The molecule has 2 atom stereocenters. The maximum absolute atomic E-state index is 12.6. The van der Waals surface area contributed by atoms with E-state index in [-0.39, 0.29) is 23.4 Å². The molecule has 4 heterocycles. The van der Waals surface area contributed by atoms with Crippen molar-refractivity contribution in [1.82, 2.24) is 24.8 Å². The Kier molecular flexibility index (Phi) is 4.01. The third-order valence-corrected chi connectivity index (χ3v) is 5.60. The first-order valence-corrected chi connectivity index (χ1v) is 9.53. The monoisotopic (exact) mass is 385 g/mol. The number of rotatable bonds is 3. The number of benzene rings is 1. The Bertz CT molecular complexity index is 1280. The quantitative estimate of drug-likeness (QED) is 0.567. The highest BCUT2D eigenvalue weighted by molar-refractivity contribution is 5.96. The van der Waals surface area contributed by atoms with Crippen LogP contribution in [0.2, 0.25) is 0 Å². The van der Waals surface area contributed by atoms with Gasteiger partial charge < -0.3 is 5.32 Å². The summed E-state index contributed by atoms with van der Waals surface area (Å²) in [5, 5.41) is 2.97. The molecular weight excluding hydrogens is 366 g/mol. The number of nitrogens with zero attached hydrogens (tertiary/aromatic N) is 3. The zero-order valence-electron chi connectivity index (χ0n) is 15.8. The number of hydrogen-bond acceptors (Lipinski definition) is 4. The summed E-state index contributed by atoms with van der Waals surface area (Å²) in [5.74, 6) is 0.500. The summed E-state index contributed by atoms with van der Waals surface area (Å²) in [4.78, 5) is 36.7. The molecule has 0 fully saturated rings. The number of H-pyrrole nitrogens is 1. The minimum atomic E-state index is -0.306. The number of aromatic nitrogens is 4. The summed E-state index contributed by atoms with van der Waals surface area (Å²) in [6.07, 6.45) is 1.63. The van der Waals surface area contributed by atoms with E-state index >= 15 is 0 Å². The summed E-state index contributed by atoms with van der Waals surface area (Å²) < 4.78 is 1.50. The lowest BCUT2D eigenvalue weighted by Crippen LogP contribution is -2.38. The molecule has 0 saturated carbocycles. The van der Waals surface area contributed by atoms with E-state index in [1.54, 1.807) is 24.4 Å². The molecule has 5 rings (SSSR count). The number of aromatic amines is 1. The van der Waals surface area contributed by atoms with Gasteiger partial charge in [0.2, 0.25) is 0 Å². The lowest BCUT2D eigenvalue weighted by molar-refractivity contribution is 0.0937. The highest BCUT2D eigenvalue weighted by Crippen LogP contribution is 2.35. The summed E-state index contributed by atoms with van der Waals surface area (Å²) in [7, 11) is 0. The number of carbonyl (C=O) groups is 1. The molecule has 144 valence electrons. The molecule has 1 aliphatic heterocycles. The number of amides is 1. The Hall–Kier alpha value is -3.74. The minimum absolute atomic E-state index is 0.00378. The highest BCUT2D eigenvalue weighted by atomic mass is 16.2. The summed E-state index contributed by atoms with van der Waals surface area (Å²) in [6.45, 7) is 2.64. The first-order chi connectivity index (χ1) is 14.1. The van der Waals surface area contributed by atoms with E-state index in [4.69, 9.17) is 4.98 Å². The van der Waals surface area contributed by atoms with Crippen LogP contribution in [0.4, 0.5) is 0 Å². The van der Waals surface area contributed by atoms with Crippen LogP contribution in [0.3, 0.4) is 0 Å². The molecule has 0 aliphatic carbocycles. The fourth-order valence-electron chi connectivity index (χ4n) is 4.03. The number of fused-ring (bicyclic) bond motifs is 2. The van der Waals surface area contributed by atoms with Crippen LogP contribution in [-0.2, 0) is 0 Å². The Balaban J connectivity index is 1.66. The number of imidazole rings is 1. The first-order valence-electron chi connectivity index (χ1n) is 9.53. The Labute approximate surface area is 166 Å². The van der Waals surface area contributed by atoms with Crippen LogP contribution in [0.1, 0.15) is 40.4 Å².